The Bertz CT molecular complexity index is 4400. The highest BCUT2D eigenvalue weighted by Crippen LogP contribution is 2.39. The third kappa shape index (κ3) is 10.0. The monoisotopic (exact) mass is 1080 g/mol. The van der Waals surface area contributed by atoms with Gasteiger partial charge >= 0.3 is 0 Å². The SMILES string of the molecule is C#Cc1ccc(C#CC(C)N2C3CC2CN(c2ccc(-c4cc(-c5cnn(C)c5)cn5ncc(C#N)c45)cn2)C3)nc1.C#Cc1ccc(C#CCN2C3CC2CN(c2ccc(-c4cc(-c5cnn(C)c5)cn5ncc(C#N)c45)cn2)C3)nc1. The van der Waals surface area contributed by atoms with Crippen molar-refractivity contribution in [2.75, 3.05) is 42.5 Å². The Hall–Kier alpha value is -10.9. The maximum atomic E-state index is 9.74. The fraction of sp³-hybridized carbons (Fsp3) is 0.231. The van der Waals surface area contributed by atoms with E-state index in [-0.39, 0.29) is 6.04 Å². The number of aromatic nitrogens is 12. The van der Waals surface area contributed by atoms with Crippen LogP contribution in [0.15, 0.2) is 135 Å². The third-order valence-corrected chi connectivity index (χ3v) is 16.1. The predicted molar refractivity (Wildman–Crippen MR) is 316 cm³/mol. The van der Waals surface area contributed by atoms with Gasteiger partial charge in [0.1, 0.15) is 35.2 Å². The van der Waals surface area contributed by atoms with Gasteiger partial charge in [-0.3, -0.25) is 19.2 Å². The van der Waals surface area contributed by atoms with Crippen molar-refractivity contribution < 1.29 is 0 Å². The van der Waals surface area contributed by atoms with Gasteiger partial charge in [0, 0.05) is 170 Å². The van der Waals surface area contributed by atoms with E-state index in [1.807, 2.05) is 87.9 Å². The molecule has 10 aromatic rings. The van der Waals surface area contributed by atoms with Gasteiger partial charge < -0.3 is 9.80 Å². The summed E-state index contributed by atoms with van der Waals surface area (Å²) in [5, 5.41) is 37.0. The van der Waals surface area contributed by atoms with Gasteiger partial charge in [-0.25, -0.2) is 29.0 Å². The highest BCUT2D eigenvalue weighted by atomic mass is 15.4. The molecule has 18 nitrogen and oxygen atoms in total. The van der Waals surface area contributed by atoms with Crippen LogP contribution in [0.3, 0.4) is 0 Å². The minimum absolute atomic E-state index is 0.139. The lowest BCUT2D eigenvalue weighted by Crippen LogP contribution is -2.70. The molecule has 6 aliphatic heterocycles. The number of hydrogen-bond donors (Lipinski definition) is 0. The van der Waals surface area contributed by atoms with Gasteiger partial charge in [0.05, 0.1) is 59.5 Å². The Kier molecular flexibility index (Phi) is 13.5. The Morgan fingerprint density at radius 2 is 1.02 bits per heavy atom. The average Bonchev–Trinajstić information content (AvgIpc) is 3.64. The normalized spacial score (nSPS) is 18.1. The zero-order chi connectivity index (χ0) is 56.7. The van der Waals surface area contributed by atoms with E-state index in [0.29, 0.717) is 35.3 Å². The Morgan fingerprint density at radius 1 is 0.530 bits per heavy atom. The molecular formula is C65H52N18. The molecule has 16 rings (SSSR count). The summed E-state index contributed by atoms with van der Waals surface area (Å²) in [4.78, 5) is 28.1. The van der Waals surface area contributed by atoms with Gasteiger partial charge in [-0.05, 0) is 92.3 Å². The molecule has 6 saturated heterocycles. The summed E-state index contributed by atoms with van der Waals surface area (Å²) < 4.78 is 7.08. The number of piperazine rings is 2. The van der Waals surface area contributed by atoms with Gasteiger partial charge in [0.2, 0.25) is 0 Å². The quantitative estimate of drug-likeness (QED) is 0.140. The summed E-state index contributed by atoms with van der Waals surface area (Å²) in [5.74, 6) is 20.1. The molecule has 4 bridgehead atoms. The van der Waals surface area contributed by atoms with Crippen LogP contribution in [-0.2, 0) is 14.1 Å². The largest absolute Gasteiger partial charge is 0.353 e. The molecule has 83 heavy (non-hydrogen) atoms. The first-order valence-corrected chi connectivity index (χ1v) is 27.2. The van der Waals surface area contributed by atoms with Crippen molar-refractivity contribution in [1.82, 2.24) is 68.5 Å². The van der Waals surface area contributed by atoms with Crippen molar-refractivity contribution in [2.24, 2.45) is 14.1 Å². The van der Waals surface area contributed by atoms with Gasteiger partial charge in [-0.1, -0.05) is 23.7 Å². The van der Waals surface area contributed by atoms with Crippen molar-refractivity contribution in [3.8, 4) is 105 Å². The van der Waals surface area contributed by atoms with Crippen LogP contribution >= 0.6 is 0 Å². The number of terminal acetylenes is 2. The molecule has 0 aromatic carbocycles. The summed E-state index contributed by atoms with van der Waals surface area (Å²) in [6.45, 7) is 6.54. The van der Waals surface area contributed by atoms with Crippen LogP contribution in [0.25, 0.3) is 55.5 Å². The van der Waals surface area contributed by atoms with Gasteiger partial charge in [0.15, 0.2) is 0 Å². The number of pyridine rings is 6. The number of nitriles is 2. The highest BCUT2D eigenvalue weighted by molar-refractivity contribution is 5.89. The van der Waals surface area contributed by atoms with Crippen LogP contribution in [0.5, 0.6) is 0 Å². The molecule has 0 saturated carbocycles. The maximum absolute atomic E-state index is 9.74. The molecule has 16 heterocycles. The van der Waals surface area contributed by atoms with Gasteiger partial charge in [-0.15, -0.1) is 12.8 Å². The molecule has 0 N–H and O–H groups in total. The molecule has 0 amide bonds. The number of nitrogens with zero attached hydrogens (tertiary/aromatic N) is 18. The van der Waals surface area contributed by atoms with Gasteiger partial charge in [0.25, 0.3) is 0 Å². The molecule has 6 aliphatic rings. The van der Waals surface area contributed by atoms with Crippen LogP contribution in [0, 0.1) is 71.0 Å². The number of fused-ring (bicyclic) bond motifs is 6. The molecule has 5 atom stereocenters. The zero-order valence-electron chi connectivity index (χ0n) is 45.7. The first-order valence-electron chi connectivity index (χ1n) is 27.2. The second-order valence-corrected chi connectivity index (χ2v) is 21.2. The lowest BCUT2D eigenvalue weighted by atomic mass is 9.85. The Morgan fingerprint density at radius 3 is 1.46 bits per heavy atom. The van der Waals surface area contributed by atoms with Crippen LogP contribution in [0.4, 0.5) is 11.6 Å². The van der Waals surface area contributed by atoms with Crippen molar-refractivity contribution in [2.45, 2.75) is 50.0 Å². The fourth-order valence-electron chi connectivity index (χ4n) is 11.9. The van der Waals surface area contributed by atoms with E-state index in [1.54, 1.807) is 43.2 Å². The first-order chi connectivity index (χ1) is 40.6. The van der Waals surface area contributed by atoms with Gasteiger partial charge in [-0.2, -0.15) is 30.9 Å². The van der Waals surface area contributed by atoms with Crippen molar-refractivity contribution in [1.29, 1.82) is 10.5 Å². The van der Waals surface area contributed by atoms with E-state index < -0.39 is 0 Å². The lowest BCUT2D eigenvalue weighted by molar-refractivity contribution is -0.0159. The molecule has 10 aromatic heterocycles. The molecule has 0 radical (unpaired) electrons. The Balaban J connectivity index is 0.000000155. The van der Waals surface area contributed by atoms with E-state index in [9.17, 15) is 10.5 Å². The van der Waals surface area contributed by atoms with Crippen LogP contribution < -0.4 is 9.80 Å². The highest BCUT2D eigenvalue weighted by Gasteiger charge is 2.47. The van der Waals surface area contributed by atoms with Crippen molar-refractivity contribution in [3.63, 3.8) is 0 Å². The minimum atomic E-state index is 0.139. The van der Waals surface area contributed by atoms with E-state index in [4.69, 9.17) is 22.8 Å². The maximum Gasteiger partial charge on any atom is 0.128 e. The van der Waals surface area contributed by atoms with Crippen LogP contribution in [-0.4, -0.2) is 131 Å². The number of rotatable bonds is 8. The third-order valence-electron chi connectivity index (χ3n) is 16.1. The standard InChI is InChI=1S/C33H27N9.C32H25N9/c1-4-23-6-9-28(35-14-23)8-5-22(2)42-29-12-30(42)21-40(20-29)32-10-7-24(15-36-32)31-11-25(27-17-37-39(3)18-27)19-41-33(31)26(13-34)16-38-41;1-3-22-6-8-27(34-14-22)5-4-10-40-28-12-29(40)21-39(20-28)31-9-7-23(15-35-31)30-11-24(26-17-36-38(2)18-26)19-41-32(30)25(13-33)16-37-41/h1,6-7,9-11,14-19,22,29-30H,12,20-21H2,2-3H3;1,6-9,11,14-19,28-29H,10,12,20-21H2,2H3. The molecular weight excluding hydrogens is 1030 g/mol. The topological polar surface area (TPSA) is 182 Å². The molecule has 0 spiro atoms. The number of hydrogen-bond acceptors (Lipinski definition) is 14. The smallest absolute Gasteiger partial charge is 0.128 e. The summed E-state index contributed by atoms with van der Waals surface area (Å²) in [6.07, 6.45) is 35.0. The van der Waals surface area contributed by atoms with Crippen LogP contribution in [0.1, 0.15) is 53.4 Å². The second-order valence-electron chi connectivity index (χ2n) is 21.2. The zero-order valence-corrected chi connectivity index (χ0v) is 45.7. The molecule has 18 heteroatoms. The Labute approximate surface area is 479 Å². The van der Waals surface area contributed by atoms with E-state index in [1.165, 1.54) is 12.8 Å². The predicted octanol–water partition coefficient (Wildman–Crippen LogP) is 7.11. The molecule has 0 aliphatic carbocycles. The number of piperidine rings is 2. The summed E-state index contributed by atoms with van der Waals surface area (Å²) >= 11 is 0. The summed E-state index contributed by atoms with van der Waals surface area (Å²) in [6, 6.07) is 26.5. The van der Waals surface area contributed by atoms with Crippen molar-refractivity contribution >= 4 is 22.7 Å². The lowest BCUT2D eigenvalue weighted by Gasteiger charge is -2.58. The molecule has 6 fully saturated rings. The van der Waals surface area contributed by atoms with E-state index in [2.05, 4.69) is 141 Å². The average molecular weight is 1090 g/mol. The summed E-state index contributed by atoms with van der Waals surface area (Å²) in [5.41, 5.74) is 13.2. The minimum Gasteiger partial charge on any atom is -0.353 e. The van der Waals surface area contributed by atoms with E-state index in [0.717, 1.165) is 122 Å². The first kappa shape index (κ1) is 51.6. The summed E-state index contributed by atoms with van der Waals surface area (Å²) in [7, 11) is 3.78. The molecule has 5 unspecified atom stereocenters. The number of anilines is 2. The van der Waals surface area contributed by atoms with E-state index >= 15 is 0 Å². The van der Waals surface area contributed by atoms with Crippen molar-refractivity contribution in [3.05, 3.63) is 169 Å². The molecule has 402 valence electrons. The fourth-order valence-corrected chi connectivity index (χ4v) is 11.9. The number of aryl methyl sites for hydroxylation is 2. The van der Waals surface area contributed by atoms with Crippen LogP contribution in [0.2, 0.25) is 0 Å². The second kappa shape index (κ2) is 21.7.